The lowest BCUT2D eigenvalue weighted by Gasteiger charge is -2.27. The van der Waals surface area contributed by atoms with E-state index in [-0.39, 0.29) is 24.0 Å². The number of benzene rings is 1. The van der Waals surface area contributed by atoms with Crippen molar-refractivity contribution in [3.63, 3.8) is 0 Å². The largest absolute Gasteiger partial charge is 0.383 e. The van der Waals surface area contributed by atoms with E-state index in [2.05, 4.69) is 51.6 Å². The minimum atomic E-state index is 0. The Morgan fingerprint density at radius 2 is 1.94 bits per heavy atom. The summed E-state index contributed by atoms with van der Waals surface area (Å²) < 4.78 is 10.7. The van der Waals surface area contributed by atoms with E-state index in [4.69, 9.17) is 14.5 Å². The third kappa shape index (κ3) is 8.84. The van der Waals surface area contributed by atoms with Crippen molar-refractivity contribution in [2.45, 2.75) is 38.9 Å². The molecule has 2 saturated heterocycles. The molecule has 1 unspecified atom stereocenters. The average molecular weight is 546 g/mol. The lowest BCUT2D eigenvalue weighted by molar-refractivity contribution is 0.0341. The molecule has 0 aliphatic carbocycles. The van der Waals surface area contributed by atoms with Crippen molar-refractivity contribution in [3.05, 3.63) is 35.4 Å². The number of hydrogen-bond acceptors (Lipinski definition) is 5. The number of guanidine groups is 1. The highest BCUT2D eigenvalue weighted by Crippen LogP contribution is 2.16. The van der Waals surface area contributed by atoms with Gasteiger partial charge in [0.05, 0.1) is 26.4 Å². The lowest BCUT2D eigenvalue weighted by atomic mass is 10.1. The molecular weight excluding hydrogens is 505 g/mol. The van der Waals surface area contributed by atoms with Gasteiger partial charge in [0.25, 0.3) is 0 Å². The van der Waals surface area contributed by atoms with Gasteiger partial charge in [-0.15, -0.1) is 24.0 Å². The zero-order valence-electron chi connectivity index (χ0n) is 19.1. The highest BCUT2D eigenvalue weighted by atomic mass is 127. The van der Waals surface area contributed by atoms with E-state index in [0.717, 1.165) is 71.6 Å². The van der Waals surface area contributed by atoms with E-state index in [1.54, 1.807) is 7.11 Å². The fourth-order valence-electron chi connectivity index (χ4n) is 4.22. The number of likely N-dealkylation sites (tertiary alicyclic amines) is 1. The predicted molar refractivity (Wildman–Crippen MR) is 137 cm³/mol. The molecule has 0 aromatic heterocycles. The Kier molecular flexibility index (Phi) is 12.7. The second kappa shape index (κ2) is 15.0. The highest BCUT2D eigenvalue weighted by molar-refractivity contribution is 14.0. The standard InChI is InChI=1S/C23H39N5O2.HI/c1-3-24-23(26-18-22-9-6-10-28(22)13-14-29-2)25-17-20-7-4-5-8-21(20)19-27-11-15-30-16-12-27;/h4-5,7-8,22H,3,6,9-19H2,1-2H3,(H2,24,25,26);1H. The van der Waals surface area contributed by atoms with Crippen LogP contribution in [0.5, 0.6) is 0 Å². The first kappa shape index (κ1) is 26.3. The van der Waals surface area contributed by atoms with Gasteiger partial charge >= 0.3 is 0 Å². The van der Waals surface area contributed by atoms with E-state index in [0.29, 0.717) is 12.6 Å². The summed E-state index contributed by atoms with van der Waals surface area (Å²) in [5.74, 6) is 0.900. The first-order valence-electron chi connectivity index (χ1n) is 11.4. The molecule has 1 aromatic carbocycles. The van der Waals surface area contributed by atoms with Crippen molar-refractivity contribution in [2.75, 3.05) is 66.2 Å². The van der Waals surface area contributed by atoms with Crippen LogP contribution in [0.4, 0.5) is 0 Å². The zero-order valence-corrected chi connectivity index (χ0v) is 21.5. The third-order valence-corrected chi connectivity index (χ3v) is 5.95. The van der Waals surface area contributed by atoms with Gasteiger partial charge in [0.2, 0.25) is 0 Å². The van der Waals surface area contributed by atoms with Gasteiger partial charge in [-0.1, -0.05) is 24.3 Å². The maximum absolute atomic E-state index is 5.48. The van der Waals surface area contributed by atoms with Gasteiger partial charge in [-0.05, 0) is 37.4 Å². The van der Waals surface area contributed by atoms with Crippen LogP contribution in [-0.4, -0.2) is 88.0 Å². The number of morpholine rings is 1. The Labute approximate surface area is 205 Å². The minimum Gasteiger partial charge on any atom is -0.383 e. The summed E-state index contributed by atoms with van der Waals surface area (Å²) >= 11 is 0. The summed E-state index contributed by atoms with van der Waals surface area (Å²) in [6.45, 7) is 12.2. The number of methoxy groups -OCH3 is 1. The smallest absolute Gasteiger partial charge is 0.191 e. The van der Waals surface area contributed by atoms with Crippen molar-refractivity contribution in [3.8, 4) is 0 Å². The maximum Gasteiger partial charge on any atom is 0.191 e. The van der Waals surface area contributed by atoms with Crippen LogP contribution < -0.4 is 10.6 Å². The van der Waals surface area contributed by atoms with Gasteiger partial charge in [0.15, 0.2) is 5.96 Å². The van der Waals surface area contributed by atoms with Crippen LogP contribution in [0.25, 0.3) is 0 Å². The molecule has 3 rings (SSSR count). The van der Waals surface area contributed by atoms with Crippen LogP contribution in [0.3, 0.4) is 0 Å². The summed E-state index contributed by atoms with van der Waals surface area (Å²) in [5.41, 5.74) is 2.66. The van der Waals surface area contributed by atoms with Gasteiger partial charge in [-0.3, -0.25) is 9.80 Å². The first-order valence-corrected chi connectivity index (χ1v) is 11.4. The van der Waals surface area contributed by atoms with E-state index >= 15 is 0 Å². The topological polar surface area (TPSA) is 61.4 Å². The molecule has 176 valence electrons. The molecule has 8 heteroatoms. The monoisotopic (exact) mass is 545 g/mol. The fourth-order valence-corrected chi connectivity index (χ4v) is 4.22. The molecule has 31 heavy (non-hydrogen) atoms. The molecular formula is C23H40IN5O2. The number of halogens is 1. The highest BCUT2D eigenvalue weighted by Gasteiger charge is 2.24. The molecule has 1 aromatic rings. The molecule has 2 N–H and O–H groups in total. The average Bonchev–Trinajstić information content (AvgIpc) is 3.23. The Morgan fingerprint density at radius 3 is 2.68 bits per heavy atom. The molecule has 2 aliphatic rings. The minimum absolute atomic E-state index is 0. The number of nitrogens with one attached hydrogen (secondary N) is 2. The molecule has 2 aliphatic heterocycles. The summed E-state index contributed by atoms with van der Waals surface area (Å²) in [6, 6.07) is 9.22. The molecule has 0 spiro atoms. The van der Waals surface area contributed by atoms with E-state index in [1.807, 2.05) is 0 Å². The Hall–Kier alpha value is -0.940. The van der Waals surface area contributed by atoms with Crippen molar-refractivity contribution in [1.82, 2.24) is 20.4 Å². The Balaban J connectivity index is 0.00000341. The number of aliphatic imine (C=N–C) groups is 1. The van der Waals surface area contributed by atoms with Crippen LogP contribution in [0.1, 0.15) is 30.9 Å². The van der Waals surface area contributed by atoms with E-state index in [1.165, 1.54) is 24.0 Å². The Bertz CT molecular complexity index is 655. The van der Waals surface area contributed by atoms with Gasteiger partial charge in [0, 0.05) is 52.4 Å². The summed E-state index contributed by atoms with van der Waals surface area (Å²) in [5, 5.41) is 6.97. The second-order valence-electron chi connectivity index (χ2n) is 8.06. The maximum atomic E-state index is 5.48. The number of ether oxygens (including phenoxy) is 2. The summed E-state index contributed by atoms with van der Waals surface area (Å²) in [6.07, 6.45) is 2.50. The van der Waals surface area contributed by atoms with Crippen LogP contribution in [0.15, 0.2) is 29.3 Å². The van der Waals surface area contributed by atoms with Gasteiger partial charge in [0.1, 0.15) is 0 Å². The molecule has 0 amide bonds. The molecule has 0 saturated carbocycles. The van der Waals surface area contributed by atoms with Crippen LogP contribution in [-0.2, 0) is 22.6 Å². The van der Waals surface area contributed by atoms with Crippen molar-refractivity contribution in [1.29, 1.82) is 0 Å². The lowest BCUT2D eigenvalue weighted by Crippen LogP contribution is -2.45. The Morgan fingerprint density at radius 1 is 1.16 bits per heavy atom. The molecule has 0 bridgehead atoms. The predicted octanol–water partition coefficient (Wildman–Crippen LogP) is 2.30. The van der Waals surface area contributed by atoms with Gasteiger partial charge in [-0.2, -0.15) is 0 Å². The second-order valence-corrected chi connectivity index (χ2v) is 8.06. The van der Waals surface area contributed by atoms with E-state index in [9.17, 15) is 0 Å². The van der Waals surface area contributed by atoms with Crippen molar-refractivity contribution < 1.29 is 9.47 Å². The van der Waals surface area contributed by atoms with Crippen molar-refractivity contribution >= 4 is 29.9 Å². The zero-order chi connectivity index (χ0) is 21.0. The molecule has 2 fully saturated rings. The quantitative estimate of drug-likeness (QED) is 0.268. The van der Waals surface area contributed by atoms with Crippen molar-refractivity contribution in [2.24, 2.45) is 4.99 Å². The van der Waals surface area contributed by atoms with Crippen LogP contribution in [0, 0.1) is 0 Å². The normalized spacial score (nSPS) is 20.5. The number of rotatable bonds is 10. The first-order chi connectivity index (χ1) is 14.8. The summed E-state index contributed by atoms with van der Waals surface area (Å²) in [7, 11) is 1.77. The third-order valence-electron chi connectivity index (χ3n) is 5.95. The molecule has 2 heterocycles. The molecule has 1 atom stereocenters. The molecule has 0 radical (unpaired) electrons. The van der Waals surface area contributed by atoms with Crippen LogP contribution >= 0.6 is 24.0 Å². The molecule has 7 nitrogen and oxygen atoms in total. The van der Waals surface area contributed by atoms with E-state index < -0.39 is 0 Å². The van der Waals surface area contributed by atoms with Gasteiger partial charge < -0.3 is 20.1 Å². The number of nitrogens with zero attached hydrogens (tertiary/aromatic N) is 3. The van der Waals surface area contributed by atoms with Gasteiger partial charge in [-0.25, -0.2) is 4.99 Å². The fraction of sp³-hybridized carbons (Fsp3) is 0.696. The summed E-state index contributed by atoms with van der Waals surface area (Å²) in [4.78, 5) is 9.88. The van der Waals surface area contributed by atoms with Crippen LogP contribution in [0.2, 0.25) is 0 Å². The number of hydrogen-bond donors (Lipinski definition) is 2. The SMILES string of the molecule is CCNC(=NCc1ccccc1CN1CCOCC1)NCC1CCCN1CCOC.I.